The second kappa shape index (κ2) is 23.0. The minimum Gasteiger partial charge on any atom is -0.379 e. The van der Waals surface area contributed by atoms with Crippen LogP contribution in [0.5, 0.6) is 0 Å². The van der Waals surface area contributed by atoms with Crippen LogP contribution in [0.1, 0.15) is 63.0 Å². The minimum atomic E-state index is -0.675. The number of ether oxygens (including phenoxy) is 2. The van der Waals surface area contributed by atoms with Crippen molar-refractivity contribution in [1.29, 1.82) is 0 Å². The molecule has 0 saturated carbocycles. The van der Waals surface area contributed by atoms with Gasteiger partial charge < -0.3 is 25.4 Å². The molecule has 6 aromatic rings. The highest BCUT2D eigenvalue weighted by molar-refractivity contribution is 6.00. The quantitative estimate of drug-likeness (QED) is 0.149. The molecule has 3 N–H and O–H groups in total. The molecule has 0 bridgehead atoms. The molecule has 10 rings (SSSR count). The molecule has 4 aliphatic rings. The van der Waals surface area contributed by atoms with E-state index in [0.717, 1.165) is 99.2 Å². The first kappa shape index (κ1) is 49.3. The zero-order chi connectivity index (χ0) is 49.1. The van der Waals surface area contributed by atoms with Gasteiger partial charge in [-0.2, -0.15) is 10.2 Å². The maximum atomic E-state index is 13.1. The van der Waals surface area contributed by atoms with Gasteiger partial charge in [0.05, 0.1) is 36.7 Å². The molecule has 2 fully saturated rings. The highest BCUT2D eigenvalue weighted by Gasteiger charge is 2.32. The van der Waals surface area contributed by atoms with Crippen LogP contribution in [-0.4, -0.2) is 168 Å². The summed E-state index contributed by atoms with van der Waals surface area (Å²) in [6, 6.07) is 22.9. The normalized spacial score (nSPS) is 17.5. The first-order chi connectivity index (χ1) is 33.9. The van der Waals surface area contributed by atoms with Crippen molar-refractivity contribution in [2.75, 3.05) is 77.4 Å². The number of nitrogens with one attached hydrogen (secondary N) is 1. The molecule has 4 aliphatic heterocycles. The number of amides is 4. The summed E-state index contributed by atoms with van der Waals surface area (Å²) in [5.74, 6) is 0.688. The van der Waals surface area contributed by atoms with Crippen molar-refractivity contribution in [3.63, 3.8) is 0 Å². The molecule has 4 aromatic heterocycles. The number of aryl methyl sites for hydroxylation is 2. The molecule has 1 atom stereocenters. The maximum Gasteiger partial charge on any atom is 0.291 e. The standard InChI is InChI=1S/C24H30N8O3.C14H22N4O2.C10H10N4O/c1-29-21-12-18(8-10-30-14-19(15-30)35-2)27-32(21)11-9-20(24(29)34)26-23(33)22-25-16-31(28-22)13-17-6-4-3-5-7-17;1-16-13-8-11(5-7-17-9-12(10-17)20-2)15-18(13)6-3-4-14(16)19;11-9(15)10-12-7-14(13-10)6-8-4-2-1-3-5-8/h3-7,12,16,19-20H,8-11,13-15H2,1-2H3,(H,26,33);8,12H,3-7,9-10H2,1-2H3;1-5,7H,6H2,(H2,11,15)/t20-;;/m1../s1. The van der Waals surface area contributed by atoms with Crippen molar-refractivity contribution in [3.8, 4) is 0 Å². The number of carbonyl (C=O) groups excluding carboxylic acids is 4. The van der Waals surface area contributed by atoms with Gasteiger partial charge in [0.1, 0.15) is 30.3 Å². The first-order valence-electron chi connectivity index (χ1n) is 23.6. The summed E-state index contributed by atoms with van der Waals surface area (Å²) in [5.41, 5.74) is 9.22. The number of primary amides is 1. The van der Waals surface area contributed by atoms with Gasteiger partial charge in [0, 0.05) is 112 Å². The molecule has 0 unspecified atom stereocenters. The number of hydrogen-bond acceptors (Lipinski definition) is 14. The second-order valence-electron chi connectivity index (χ2n) is 17.8. The van der Waals surface area contributed by atoms with Gasteiger partial charge in [-0.25, -0.2) is 28.7 Å². The summed E-state index contributed by atoms with van der Waals surface area (Å²) in [5, 5.41) is 20.4. The largest absolute Gasteiger partial charge is 0.379 e. The van der Waals surface area contributed by atoms with Crippen LogP contribution in [0, 0.1) is 0 Å². The number of hydrogen-bond donors (Lipinski definition) is 2. The smallest absolute Gasteiger partial charge is 0.291 e. The van der Waals surface area contributed by atoms with Crippen LogP contribution in [0.25, 0.3) is 0 Å². The number of likely N-dealkylation sites (tertiary alicyclic amines) is 2. The Morgan fingerprint density at radius 1 is 0.686 bits per heavy atom. The Kier molecular flexibility index (Phi) is 16.2. The average molecular weight is 959 g/mol. The van der Waals surface area contributed by atoms with Gasteiger partial charge in [-0.3, -0.25) is 33.9 Å². The van der Waals surface area contributed by atoms with E-state index in [9.17, 15) is 19.2 Å². The number of nitrogens with two attached hydrogens (primary N) is 1. The van der Waals surface area contributed by atoms with Gasteiger partial charge in [0.15, 0.2) is 0 Å². The number of aromatic nitrogens is 10. The molecule has 0 radical (unpaired) electrons. The van der Waals surface area contributed by atoms with E-state index in [1.165, 1.54) is 12.7 Å². The van der Waals surface area contributed by atoms with Gasteiger partial charge in [0.2, 0.25) is 17.6 Å². The van der Waals surface area contributed by atoms with Gasteiger partial charge in [0.25, 0.3) is 17.7 Å². The van der Waals surface area contributed by atoms with Gasteiger partial charge in [-0.05, 0) is 24.0 Å². The number of anilines is 2. The molecule has 2 aromatic carbocycles. The van der Waals surface area contributed by atoms with E-state index in [1.54, 1.807) is 40.4 Å². The minimum absolute atomic E-state index is 0.0439. The predicted molar refractivity (Wildman–Crippen MR) is 258 cm³/mol. The lowest BCUT2D eigenvalue weighted by molar-refractivity contribution is -0.120. The van der Waals surface area contributed by atoms with E-state index in [0.29, 0.717) is 44.7 Å². The first-order valence-corrected chi connectivity index (χ1v) is 23.6. The Morgan fingerprint density at radius 3 is 1.70 bits per heavy atom. The molecule has 0 spiro atoms. The molecule has 0 aliphatic carbocycles. The summed E-state index contributed by atoms with van der Waals surface area (Å²) in [7, 11) is 7.06. The summed E-state index contributed by atoms with van der Waals surface area (Å²) in [6.07, 6.45) is 7.42. The lowest BCUT2D eigenvalue weighted by atomic mass is 10.1. The van der Waals surface area contributed by atoms with Crippen LogP contribution in [0.2, 0.25) is 0 Å². The van der Waals surface area contributed by atoms with Crippen LogP contribution >= 0.6 is 0 Å². The van der Waals surface area contributed by atoms with Crippen molar-refractivity contribution >= 4 is 35.3 Å². The molecule has 8 heterocycles. The van der Waals surface area contributed by atoms with E-state index in [1.807, 2.05) is 83.1 Å². The van der Waals surface area contributed by atoms with E-state index >= 15 is 0 Å². The average Bonchev–Trinajstić information content (AvgIpc) is 4.16. The van der Waals surface area contributed by atoms with Crippen LogP contribution < -0.4 is 20.9 Å². The Balaban J connectivity index is 0.000000158. The Morgan fingerprint density at radius 2 is 1.19 bits per heavy atom. The number of likely N-dealkylation sites (N-methyl/N-ethyl adjacent to an activating group) is 1. The lowest BCUT2D eigenvalue weighted by Crippen LogP contribution is -2.52. The monoisotopic (exact) mass is 959 g/mol. The third-order valence-corrected chi connectivity index (χ3v) is 12.8. The zero-order valence-electron chi connectivity index (χ0n) is 40.2. The SMILES string of the molecule is COC1CN(CCc2cc3n(n2)CCCC(=O)N3C)C1.COC1CN(CCc2cc3n(n2)CC[C@@H](NC(=O)c2ncn(Cc4ccccc4)n2)C(=O)N3C)C1.NC(=O)c1ncn(Cc2ccccc2)n1. The zero-order valence-corrected chi connectivity index (χ0v) is 40.2. The highest BCUT2D eigenvalue weighted by Crippen LogP contribution is 2.24. The van der Waals surface area contributed by atoms with Crippen LogP contribution in [-0.2, 0) is 58.1 Å². The van der Waals surface area contributed by atoms with Crippen LogP contribution in [0.3, 0.4) is 0 Å². The number of methoxy groups -OCH3 is 2. The molecular formula is C48H62N16O6. The fourth-order valence-electron chi connectivity index (χ4n) is 8.54. The Labute approximate surface area is 406 Å². The van der Waals surface area contributed by atoms with Gasteiger partial charge in [-0.1, -0.05) is 60.7 Å². The highest BCUT2D eigenvalue weighted by atomic mass is 16.5. The number of fused-ring (bicyclic) bond motifs is 2. The number of nitrogens with zero attached hydrogens (tertiary/aromatic N) is 14. The summed E-state index contributed by atoms with van der Waals surface area (Å²) < 4.78 is 17.6. The lowest BCUT2D eigenvalue weighted by Gasteiger charge is -2.37. The maximum absolute atomic E-state index is 13.1. The Hall–Kier alpha value is -7.14. The van der Waals surface area contributed by atoms with Gasteiger partial charge >= 0.3 is 0 Å². The molecule has 4 amide bonds. The summed E-state index contributed by atoms with van der Waals surface area (Å²) in [4.78, 5) is 64.4. The molecule has 22 nitrogen and oxygen atoms in total. The van der Waals surface area contributed by atoms with Gasteiger partial charge in [-0.15, -0.1) is 10.2 Å². The fraction of sp³-hybridized carbons (Fsp3) is 0.458. The second-order valence-corrected chi connectivity index (χ2v) is 17.8. The number of rotatable bonds is 15. The molecular weight excluding hydrogens is 897 g/mol. The predicted octanol–water partition coefficient (Wildman–Crippen LogP) is 1.50. The van der Waals surface area contributed by atoms with E-state index in [-0.39, 0.29) is 23.5 Å². The topological polar surface area (TPSA) is 235 Å². The van der Waals surface area contributed by atoms with Crippen LogP contribution in [0.15, 0.2) is 85.5 Å². The summed E-state index contributed by atoms with van der Waals surface area (Å²) >= 11 is 0. The number of benzene rings is 2. The van der Waals surface area contributed by atoms with E-state index < -0.39 is 17.9 Å². The van der Waals surface area contributed by atoms with E-state index in [4.69, 9.17) is 20.3 Å². The van der Waals surface area contributed by atoms with Crippen molar-refractivity contribution < 1.29 is 28.7 Å². The third-order valence-electron chi connectivity index (χ3n) is 12.8. The molecule has 2 saturated heterocycles. The van der Waals surface area contributed by atoms with Crippen LogP contribution in [0.4, 0.5) is 11.6 Å². The summed E-state index contributed by atoms with van der Waals surface area (Å²) in [6.45, 7) is 8.31. The molecule has 70 heavy (non-hydrogen) atoms. The Bertz CT molecular complexity index is 2690. The van der Waals surface area contributed by atoms with Crippen molar-refractivity contribution in [3.05, 3.63) is 120 Å². The number of carbonyl (C=O) groups is 4. The van der Waals surface area contributed by atoms with Crippen molar-refractivity contribution in [2.24, 2.45) is 5.73 Å². The fourth-order valence-corrected chi connectivity index (χ4v) is 8.54. The molecule has 22 heteroatoms. The van der Waals surface area contributed by atoms with E-state index in [2.05, 4.69) is 46.4 Å². The van der Waals surface area contributed by atoms with Crippen molar-refractivity contribution in [1.82, 2.24) is 64.2 Å². The third kappa shape index (κ3) is 12.5. The molecule has 370 valence electrons. The van der Waals surface area contributed by atoms with Crippen molar-refractivity contribution in [2.45, 2.75) is 76.5 Å².